The van der Waals surface area contributed by atoms with Gasteiger partial charge >= 0.3 is 0 Å². The van der Waals surface area contributed by atoms with Crippen LogP contribution in [0.2, 0.25) is 0 Å². The third-order valence-corrected chi connectivity index (χ3v) is 3.23. The van der Waals surface area contributed by atoms with Crippen molar-refractivity contribution in [2.45, 2.75) is 18.9 Å². The van der Waals surface area contributed by atoms with Crippen molar-refractivity contribution in [2.75, 3.05) is 6.54 Å². The van der Waals surface area contributed by atoms with Crippen molar-refractivity contribution in [1.82, 2.24) is 5.32 Å². The van der Waals surface area contributed by atoms with E-state index in [1.807, 2.05) is 48.5 Å². The minimum Gasteiger partial charge on any atom is -0.354 e. The fourth-order valence-corrected chi connectivity index (χ4v) is 2.07. The van der Waals surface area contributed by atoms with Crippen molar-refractivity contribution >= 4 is 5.91 Å². The van der Waals surface area contributed by atoms with Gasteiger partial charge in [-0.15, -0.1) is 0 Å². The Hall–Kier alpha value is -2.13. The Labute approximate surface area is 119 Å². The molecule has 3 heteroatoms. The van der Waals surface area contributed by atoms with Gasteiger partial charge in [-0.05, 0) is 24.0 Å². The van der Waals surface area contributed by atoms with E-state index in [-0.39, 0.29) is 5.91 Å². The molecule has 0 aliphatic heterocycles. The third kappa shape index (κ3) is 4.21. The van der Waals surface area contributed by atoms with Crippen LogP contribution in [0.25, 0.3) is 0 Å². The lowest BCUT2D eigenvalue weighted by molar-refractivity contribution is -0.122. The summed E-state index contributed by atoms with van der Waals surface area (Å²) in [6.45, 7) is 0.647. The van der Waals surface area contributed by atoms with Gasteiger partial charge in [0.1, 0.15) is 6.04 Å². The molecule has 1 amide bonds. The summed E-state index contributed by atoms with van der Waals surface area (Å²) in [5.74, 6) is -0.121. The molecule has 0 fully saturated rings. The summed E-state index contributed by atoms with van der Waals surface area (Å²) < 4.78 is 0. The quantitative estimate of drug-likeness (QED) is 0.791. The molecule has 0 aliphatic carbocycles. The van der Waals surface area contributed by atoms with Gasteiger partial charge < -0.3 is 11.1 Å². The van der Waals surface area contributed by atoms with Gasteiger partial charge in [-0.2, -0.15) is 0 Å². The van der Waals surface area contributed by atoms with Gasteiger partial charge in [0.25, 0.3) is 0 Å². The van der Waals surface area contributed by atoms with E-state index in [0.717, 1.165) is 18.4 Å². The van der Waals surface area contributed by atoms with Crippen molar-refractivity contribution in [2.24, 2.45) is 5.73 Å². The van der Waals surface area contributed by atoms with Gasteiger partial charge in [-0.25, -0.2) is 0 Å². The van der Waals surface area contributed by atoms with E-state index in [9.17, 15) is 4.79 Å². The van der Waals surface area contributed by atoms with Crippen molar-refractivity contribution in [3.63, 3.8) is 0 Å². The Kier molecular flexibility index (Phi) is 5.33. The molecule has 0 unspecified atom stereocenters. The van der Waals surface area contributed by atoms with Crippen LogP contribution in [-0.4, -0.2) is 12.5 Å². The van der Waals surface area contributed by atoms with Crippen LogP contribution < -0.4 is 11.1 Å². The topological polar surface area (TPSA) is 55.1 Å². The van der Waals surface area contributed by atoms with E-state index in [4.69, 9.17) is 5.73 Å². The van der Waals surface area contributed by atoms with Crippen molar-refractivity contribution in [3.05, 3.63) is 71.8 Å². The van der Waals surface area contributed by atoms with Gasteiger partial charge in [0, 0.05) is 6.54 Å². The highest BCUT2D eigenvalue weighted by Crippen LogP contribution is 2.09. The maximum atomic E-state index is 11.9. The molecule has 0 radical (unpaired) electrons. The van der Waals surface area contributed by atoms with Crippen molar-refractivity contribution < 1.29 is 4.79 Å². The van der Waals surface area contributed by atoms with E-state index in [0.29, 0.717) is 6.54 Å². The van der Waals surface area contributed by atoms with Gasteiger partial charge in [-0.3, -0.25) is 4.79 Å². The van der Waals surface area contributed by atoms with Crippen LogP contribution in [0.15, 0.2) is 60.7 Å². The van der Waals surface area contributed by atoms with Crippen LogP contribution in [0.5, 0.6) is 0 Å². The SMILES string of the molecule is N[C@@H](C(=O)NCCCc1ccccc1)c1ccccc1. The Balaban J connectivity index is 1.73. The normalized spacial score (nSPS) is 11.8. The molecule has 3 nitrogen and oxygen atoms in total. The molecule has 0 bridgehead atoms. The molecule has 0 aliphatic rings. The molecule has 0 saturated carbocycles. The molecule has 20 heavy (non-hydrogen) atoms. The molecular formula is C17H20N2O. The first-order valence-electron chi connectivity index (χ1n) is 6.89. The van der Waals surface area contributed by atoms with Crippen LogP contribution in [0.1, 0.15) is 23.6 Å². The van der Waals surface area contributed by atoms with Crippen LogP contribution in [0, 0.1) is 0 Å². The first-order chi connectivity index (χ1) is 9.77. The largest absolute Gasteiger partial charge is 0.354 e. The zero-order valence-corrected chi connectivity index (χ0v) is 11.5. The van der Waals surface area contributed by atoms with Gasteiger partial charge in [0.2, 0.25) is 5.91 Å². The summed E-state index contributed by atoms with van der Waals surface area (Å²) in [6.07, 6.45) is 1.87. The Bertz CT molecular complexity index is 525. The second-order valence-electron chi connectivity index (χ2n) is 4.77. The number of rotatable bonds is 6. The number of benzene rings is 2. The molecule has 0 aromatic heterocycles. The highest BCUT2D eigenvalue weighted by atomic mass is 16.2. The number of nitrogens with one attached hydrogen (secondary N) is 1. The van der Waals surface area contributed by atoms with Gasteiger partial charge in [0.15, 0.2) is 0 Å². The lowest BCUT2D eigenvalue weighted by Gasteiger charge is -2.12. The molecule has 3 N–H and O–H groups in total. The van der Waals surface area contributed by atoms with Crippen LogP contribution >= 0.6 is 0 Å². The molecule has 1 atom stereocenters. The number of carbonyl (C=O) groups excluding carboxylic acids is 1. The van der Waals surface area contributed by atoms with E-state index < -0.39 is 6.04 Å². The Morgan fingerprint density at radius 1 is 1.00 bits per heavy atom. The van der Waals surface area contributed by atoms with Crippen LogP contribution in [0.4, 0.5) is 0 Å². The average molecular weight is 268 g/mol. The lowest BCUT2D eigenvalue weighted by atomic mass is 10.1. The maximum Gasteiger partial charge on any atom is 0.241 e. The fraction of sp³-hybridized carbons (Fsp3) is 0.235. The lowest BCUT2D eigenvalue weighted by Crippen LogP contribution is -2.34. The predicted octanol–water partition coefficient (Wildman–Crippen LogP) is 2.44. The minimum absolute atomic E-state index is 0.121. The van der Waals surface area contributed by atoms with Crippen LogP contribution in [-0.2, 0) is 11.2 Å². The summed E-state index contributed by atoms with van der Waals surface area (Å²) in [4.78, 5) is 11.9. The third-order valence-electron chi connectivity index (χ3n) is 3.23. The maximum absolute atomic E-state index is 11.9. The second-order valence-corrected chi connectivity index (χ2v) is 4.77. The molecule has 0 spiro atoms. The zero-order valence-electron chi connectivity index (χ0n) is 11.5. The average Bonchev–Trinajstić information content (AvgIpc) is 2.52. The first kappa shape index (κ1) is 14.3. The Morgan fingerprint density at radius 2 is 1.60 bits per heavy atom. The molecular weight excluding hydrogens is 248 g/mol. The minimum atomic E-state index is -0.590. The summed E-state index contributed by atoms with van der Waals surface area (Å²) in [5.41, 5.74) is 8.05. The van der Waals surface area contributed by atoms with E-state index >= 15 is 0 Å². The van der Waals surface area contributed by atoms with E-state index in [1.165, 1.54) is 5.56 Å². The number of nitrogens with two attached hydrogens (primary N) is 1. The van der Waals surface area contributed by atoms with Gasteiger partial charge in [-0.1, -0.05) is 60.7 Å². The smallest absolute Gasteiger partial charge is 0.241 e. The number of hydrogen-bond acceptors (Lipinski definition) is 2. The molecule has 2 aromatic rings. The highest BCUT2D eigenvalue weighted by Gasteiger charge is 2.14. The van der Waals surface area contributed by atoms with Crippen molar-refractivity contribution in [1.29, 1.82) is 0 Å². The van der Waals surface area contributed by atoms with Gasteiger partial charge in [0.05, 0.1) is 0 Å². The zero-order chi connectivity index (χ0) is 14.2. The predicted molar refractivity (Wildman–Crippen MR) is 81.1 cm³/mol. The number of carbonyl (C=O) groups is 1. The monoisotopic (exact) mass is 268 g/mol. The number of aryl methyl sites for hydroxylation is 1. The molecule has 0 saturated heterocycles. The summed E-state index contributed by atoms with van der Waals surface area (Å²) in [5, 5.41) is 2.89. The summed E-state index contributed by atoms with van der Waals surface area (Å²) in [7, 11) is 0. The van der Waals surface area contributed by atoms with Crippen molar-refractivity contribution in [3.8, 4) is 0 Å². The summed E-state index contributed by atoms with van der Waals surface area (Å²) >= 11 is 0. The fourth-order valence-electron chi connectivity index (χ4n) is 2.07. The van der Waals surface area contributed by atoms with E-state index in [1.54, 1.807) is 0 Å². The number of amides is 1. The first-order valence-corrected chi connectivity index (χ1v) is 6.89. The highest BCUT2D eigenvalue weighted by molar-refractivity contribution is 5.82. The molecule has 0 heterocycles. The standard InChI is InChI=1S/C17H20N2O/c18-16(15-11-5-2-6-12-15)17(20)19-13-7-10-14-8-3-1-4-9-14/h1-6,8-9,11-12,16H,7,10,13,18H2,(H,19,20)/t16-/m1/s1. The summed E-state index contributed by atoms with van der Waals surface area (Å²) in [6, 6.07) is 19.1. The Morgan fingerprint density at radius 3 is 2.25 bits per heavy atom. The molecule has 2 aromatic carbocycles. The molecule has 104 valence electrons. The van der Waals surface area contributed by atoms with Crippen LogP contribution in [0.3, 0.4) is 0 Å². The number of hydrogen-bond donors (Lipinski definition) is 2. The van der Waals surface area contributed by atoms with E-state index in [2.05, 4.69) is 17.4 Å². The second kappa shape index (κ2) is 7.46. The molecule has 2 rings (SSSR count).